The first-order valence-corrected chi connectivity index (χ1v) is 11.4. The Bertz CT molecular complexity index is 1260. The normalized spacial score (nSPS) is 16.1. The number of fused-ring (bicyclic) bond motifs is 1. The molecule has 7 nitrogen and oxygen atoms in total. The minimum Gasteiger partial charge on any atom is -0.495 e. The van der Waals surface area contributed by atoms with Crippen molar-refractivity contribution < 1.29 is 13.2 Å². The Morgan fingerprint density at radius 2 is 1.90 bits per heavy atom. The van der Waals surface area contributed by atoms with Crippen LogP contribution in [0.2, 0.25) is 5.02 Å². The van der Waals surface area contributed by atoms with Gasteiger partial charge in [0.1, 0.15) is 10.6 Å². The van der Waals surface area contributed by atoms with E-state index in [1.54, 1.807) is 29.1 Å². The zero-order chi connectivity index (χ0) is 21.5. The van der Waals surface area contributed by atoms with Gasteiger partial charge in [-0.1, -0.05) is 23.7 Å². The zero-order valence-corrected chi connectivity index (χ0v) is 18.3. The molecule has 0 saturated carbocycles. The number of sulfonamides is 1. The maximum absolute atomic E-state index is 13.1. The number of nitrogens with zero attached hydrogens (tertiary/aromatic N) is 3. The maximum Gasteiger partial charge on any atom is 0.261 e. The Labute approximate surface area is 179 Å². The molecule has 0 bridgehead atoms. The van der Waals surface area contributed by atoms with Gasteiger partial charge in [0.2, 0.25) is 10.0 Å². The fourth-order valence-electron chi connectivity index (χ4n) is 3.93. The smallest absolute Gasteiger partial charge is 0.261 e. The molecule has 2 heterocycles. The summed E-state index contributed by atoms with van der Waals surface area (Å²) in [6.07, 6.45) is 2.61. The largest absolute Gasteiger partial charge is 0.495 e. The van der Waals surface area contributed by atoms with E-state index in [9.17, 15) is 13.2 Å². The molecule has 1 saturated heterocycles. The van der Waals surface area contributed by atoms with Crippen molar-refractivity contribution >= 4 is 32.5 Å². The minimum absolute atomic E-state index is 0.0518. The second-order valence-electron chi connectivity index (χ2n) is 7.36. The fourth-order valence-corrected chi connectivity index (χ4v) is 5.81. The third kappa shape index (κ3) is 3.59. The van der Waals surface area contributed by atoms with Crippen LogP contribution in [0.15, 0.2) is 52.4 Å². The van der Waals surface area contributed by atoms with E-state index in [1.807, 2.05) is 19.1 Å². The van der Waals surface area contributed by atoms with Crippen molar-refractivity contribution in [2.24, 2.45) is 0 Å². The van der Waals surface area contributed by atoms with Crippen LogP contribution in [-0.2, 0) is 10.0 Å². The average molecular weight is 448 g/mol. The fraction of sp³-hybridized carbons (Fsp3) is 0.333. The summed E-state index contributed by atoms with van der Waals surface area (Å²) >= 11 is 6.01. The molecule has 9 heteroatoms. The SMILES string of the molecule is COc1ccc(Cl)cc1S(=O)(=O)N1CCC(n2cnc3c(C)cccc3c2=O)CC1. The molecule has 1 aliphatic heterocycles. The summed E-state index contributed by atoms with van der Waals surface area (Å²) in [6, 6.07) is 9.98. The van der Waals surface area contributed by atoms with Gasteiger partial charge in [-0.3, -0.25) is 9.36 Å². The molecule has 3 aromatic rings. The Kier molecular flexibility index (Phi) is 5.57. The Morgan fingerprint density at radius 3 is 2.60 bits per heavy atom. The van der Waals surface area contributed by atoms with Gasteiger partial charge in [-0.05, 0) is 49.6 Å². The molecule has 1 fully saturated rings. The van der Waals surface area contributed by atoms with E-state index in [1.165, 1.54) is 17.5 Å². The van der Waals surface area contributed by atoms with Crippen LogP contribution in [0, 0.1) is 6.92 Å². The highest BCUT2D eigenvalue weighted by Gasteiger charge is 2.32. The predicted octanol–water partition coefficient (Wildman–Crippen LogP) is 3.39. The number of para-hydroxylation sites is 1. The summed E-state index contributed by atoms with van der Waals surface area (Å²) in [7, 11) is -2.34. The Morgan fingerprint density at radius 1 is 1.17 bits per heavy atom. The van der Waals surface area contributed by atoms with Gasteiger partial charge in [0.15, 0.2) is 0 Å². The maximum atomic E-state index is 13.1. The van der Waals surface area contributed by atoms with E-state index in [0.717, 1.165) is 5.56 Å². The van der Waals surface area contributed by atoms with Gasteiger partial charge in [0.05, 0.1) is 24.3 Å². The Hall–Kier alpha value is -2.42. The summed E-state index contributed by atoms with van der Waals surface area (Å²) < 4.78 is 34.6. The van der Waals surface area contributed by atoms with Crippen molar-refractivity contribution in [1.82, 2.24) is 13.9 Å². The number of aryl methyl sites for hydroxylation is 1. The van der Waals surface area contributed by atoms with E-state index >= 15 is 0 Å². The van der Waals surface area contributed by atoms with Crippen molar-refractivity contribution in [3.8, 4) is 5.75 Å². The second kappa shape index (κ2) is 8.02. The molecule has 0 amide bonds. The minimum atomic E-state index is -3.76. The molecule has 158 valence electrons. The Balaban J connectivity index is 1.59. The molecule has 0 spiro atoms. The number of methoxy groups -OCH3 is 1. The summed E-state index contributed by atoms with van der Waals surface area (Å²) in [5.74, 6) is 0.256. The zero-order valence-electron chi connectivity index (χ0n) is 16.7. The number of ether oxygens (including phenoxy) is 1. The summed E-state index contributed by atoms with van der Waals surface area (Å²) in [5.41, 5.74) is 1.56. The third-order valence-corrected chi connectivity index (χ3v) is 7.73. The number of hydrogen-bond acceptors (Lipinski definition) is 5. The third-order valence-electron chi connectivity index (χ3n) is 5.57. The highest BCUT2D eigenvalue weighted by atomic mass is 35.5. The highest BCUT2D eigenvalue weighted by Crippen LogP contribution is 2.32. The molecule has 0 unspecified atom stereocenters. The van der Waals surface area contributed by atoms with Gasteiger partial charge < -0.3 is 4.74 Å². The molecular weight excluding hydrogens is 426 g/mol. The van der Waals surface area contributed by atoms with Gasteiger partial charge in [-0.2, -0.15) is 4.31 Å². The van der Waals surface area contributed by atoms with Crippen molar-refractivity contribution in [2.75, 3.05) is 20.2 Å². The molecule has 2 aromatic carbocycles. The van der Waals surface area contributed by atoms with E-state index in [0.29, 0.717) is 41.9 Å². The summed E-state index contributed by atoms with van der Waals surface area (Å²) in [5, 5.41) is 0.907. The van der Waals surface area contributed by atoms with E-state index in [2.05, 4.69) is 4.98 Å². The first-order valence-electron chi connectivity index (χ1n) is 9.63. The molecular formula is C21H22ClN3O4S. The molecule has 0 N–H and O–H groups in total. The number of benzene rings is 2. The number of rotatable bonds is 4. The van der Waals surface area contributed by atoms with Crippen LogP contribution >= 0.6 is 11.6 Å². The number of piperidine rings is 1. The van der Waals surface area contributed by atoms with Crippen LogP contribution in [0.4, 0.5) is 0 Å². The standard InChI is InChI=1S/C21H22ClN3O4S/c1-14-4-3-5-17-20(14)23-13-25(21(17)26)16-8-10-24(11-9-16)30(27,28)19-12-15(22)6-7-18(19)29-2/h3-7,12-13,16H,8-11H2,1-2H3. The van der Waals surface area contributed by atoms with Gasteiger partial charge in [0.25, 0.3) is 5.56 Å². The van der Waals surface area contributed by atoms with Crippen molar-refractivity contribution in [3.05, 3.63) is 63.7 Å². The molecule has 1 aliphatic rings. The van der Waals surface area contributed by atoms with Gasteiger partial charge >= 0.3 is 0 Å². The van der Waals surface area contributed by atoms with Gasteiger partial charge in [-0.25, -0.2) is 13.4 Å². The first kappa shape index (κ1) is 20.8. The molecule has 0 aliphatic carbocycles. The van der Waals surface area contributed by atoms with Crippen molar-refractivity contribution in [1.29, 1.82) is 0 Å². The van der Waals surface area contributed by atoms with Crippen LogP contribution in [-0.4, -0.2) is 42.5 Å². The lowest BCUT2D eigenvalue weighted by molar-refractivity contribution is 0.269. The van der Waals surface area contributed by atoms with Crippen LogP contribution in [0.3, 0.4) is 0 Å². The van der Waals surface area contributed by atoms with Crippen LogP contribution in [0.1, 0.15) is 24.4 Å². The summed E-state index contributed by atoms with van der Waals surface area (Å²) in [4.78, 5) is 17.5. The second-order valence-corrected chi connectivity index (χ2v) is 9.70. The van der Waals surface area contributed by atoms with E-state index in [-0.39, 0.29) is 22.2 Å². The number of halogens is 1. The van der Waals surface area contributed by atoms with Crippen molar-refractivity contribution in [3.63, 3.8) is 0 Å². The van der Waals surface area contributed by atoms with Gasteiger partial charge in [0, 0.05) is 24.2 Å². The van der Waals surface area contributed by atoms with Crippen LogP contribution < -0.4 is 10.3 Å². The average Bonchev–Trinajstić information content (AvgIpc) is 2.75. The van der Waals surface area contributed by atoms with Crippen LogP contribution in [0.5, 0.6) is 5.75 Å². The quantitative estimate of drug-likeness (QED) is 0.612. The van der Waals surface area contributed by atoms with Crippen molar-refractivity contribution in [2.45, 2.75) is 30.7 Å². The van der Waals surface area contributed by atoms with E-state index in [4.69, 9.17) is 16.3 Å². The topological polar surface area (TPSA) is 81.5 Å². The lowest BCUT2D eigenvalue weighted by Gasteiger charge is -2.32. The predicted molar refractivity (Wildman–Crippen MR) is 116 cm³/mol. The monoisotopic (exact) mass is 447 g/mol. The lowest BCUT2D eigenvalue weighted by Crippen LogP contribution is -2.41. The number of aromatic nitrogens is 2. The molecule has 1 aromatic heterocycles. The van der Waals surface area contributed by atoms with Crippen LogP contribution in [0.25, 0.3) is 10.9 Å². The van der Waals surface area contributed by atoms with Gasteiger partial charge in [-0.15, -0.1) is 0 Å². The molecule has 4 rings (SSSR count). The van der Waals surface area contributed by atoms with E-state index < -0.39 is 10.0 Å². The lowest BCUT2D eigenvalue weighted by atomic mass is 10.1. The molecule has 0 atom stereocenters. The molecule has 30 heavy (non-hydrogen) atoms. The molecule has 0 radical (unpaired) electrons. The highest BCUT2D eigenvalue weighted by molar-refractivity contribution is 7.89. The number of hydrogen-bond donors (Lipinski definition) is 0. The summed E-state index contributed by atoms with van der Waals surface area (Å²) in [6.45, 7) is 2.51. The first-order chi connectivity index (χ1) is 14.3.